The first-order valence-corrected chi connectivity index (χ1v) is 7.91. The van der Waals surface area contributed by atoms with Gasteiger partial charge in [-0.15, -0.1) is 0 Å². The molecule has 0 aliphatic carbocycles. The largest absolute Gasteiger partial charge is 0.457 e. The van der Waals surface area contributed by atoms with Gasteiger partial charge in [0.25, 0.3) is 0 Å². The van der Waals surface area contributed by atoms with Crippen LogP contribution in [0.3, 0.4) is 0 Å². The molecule has 0 heterocycles. The summed E-state index contributed by atoms with van der Waals surface area (Å²) in [5, 5.41) is 10.7. The van der Waals surface area contributed by atoms with Crippen molar-refractivity contribution in [3.63, 3.8) is 0 Å². The van der Waals surface area contributed by atoms with Crippen molar-refractivity contribution in [2.24, 2.45) is 0 Å². The average Bonchev–Trinajstić information content (AvgIpc) is 2.53. The number of alkyl halides is 5. The van der Waals surface area contributed by atoms with Crippen molar-refractivity contribution in [2.75, 3.05) is 19.0 Å². The van der Waals surface area contributed by atoms with Crippen LogP contribution >= 0.6 is 15.9 Å². The fraction of sp³-hybridized carbons (Fsp3) is 0.294. The van der Waals surface area contributed by atoms with Crippen LogP contribution in [0, 0.1) is 0 Å². The van der Waals surface area contributed by atoms with E-state index in [2.05, 4.69) is 15.9 Å². The van der Waals surface area contributed by atoms with Crippen molar-refractivity contribution < 1.29 is 27.1 Å². The van der Waals surface area contributed by atoms with E-state index in [-0.39, 0.29) is 0 Å². The third kappa shape index (κ3) is 3.37. The zero-order valence-electron chi connectivity index (χ0n) is 13.3. The molecule has 2 aromatic rings. The minimum absolute atomic E-state index is 0.381. The van der Waals surface area contributed by atoms with E-state index in [1.54, 1.807) is 14.1 Å². The molecule has 0 aliphatic rings. The number of halogens is 6. The van der Waals surface area contributed by atoms with Crippen LogP contribution in [0.15, 0.2) is 53.0 Å². The molecule has 0 aliphatic heterocycles. The molecular formula is C17H15BrF5NO. The maximum Gasteiger partial charge on any atom is 0.457 e. The fourth-order valence-electron chi connectivity index (χ4n) is 2.43. The van der Waals surface area contributed by atoms with E-state index < -0.39 is 28.8 Å². The second-order valence-corrected chi connectivity index (χ2v) is 6.65. The van der Waals surface area contributed by atoms with Gasteiger partial charge in [0.05, 0.1) is 0 Å². The monoisotopic (exact) mass is 423 g/mol. The van der Waals surface area contributed by atoms with Crippen LogP contribution in [0.5, 0.6) is 0 Å². The zero-order valence-corrected chi connectivity index (χ0v) is 14.9. The molecule has 0 amide bonds. The number of anilines is 1. The molecule has 2 nitrogen and oxygen atoms in total. The lowest BCUT2D eigenvalue weighted by Crippen LogP contribution is -2.55. The van der Waals surface area contributed by atoms with Gasteiger partial charge in [0.1, 0.15) is 0 Å². The molecule has 2 rings (SSSR count). The summed E-state index contributed by atoms with van der Waals surface area (Å²) >= 11 is 3.09. The van der Waals surface area contributed by atoms with Gasteiger partial charge in [-0.25, -0.2) is 0 Å². The minimum atomic E-state index is -5.94. The SMILES string of the molecule is CN(C)c1cccc(C(O)(c2ccc(Br)cc2)C(F)(F)C(F)(F)F)c1. The van der Waals surface area contributed by atoms with Crippen LogP contribution in [0.4, 0.5) is 27.6 Å². The molecule has 0 saturated heterocycles. The third-order valence-corrected chi connectivity index (χ3v) is 4.38. The highest BCUT2D eigenvalue weighted by Crippen LogP contribution is 2.52. The van der Waals surface area contributed by atoms with E-state index in [4.69, 9.17) is 0 Å². The summed E-state index contributed by atoms with van der Waals surface area (Å²) in [6.45, 7) is 0. The molecule has 25 heavy (non-hydrogen) atoms. The van der Waals surface area contributed by atoms with Crippen molar-refractivity contribution in [1.82, 2.24) is 0 Å². The molecule has 2 aromatic carbocycles. The standard InChI is InChI=1S/C17H15BrF5NO/c1-24(2)14-5-3-4-12(10-14)15(25,16(19,20)17(21,22)23)11-6-8-13(18)9-7-11/h3-10,25H,1-2H3. The van der Waals surface area contributed by atoms with Crippen molar-refractivity contribution in [2.45, 2.75) is 17.7 Å². The van der Waals surface area contributed by atoms with Gasteiger partial charge in [-0.1, -0.05) is 40.2 Å². The Morgan fingerprint density at radius 1 is 0.880 bits per heavy atom. The molecule has 8 heteroatoms. The maximum absolute atomic E-state index is 14.4. The Hall–Kier alpha value is -1.67. The van der Waals surface area contributed by atoms with E-state index in [1.807, 2.05) is 0 Å². The summed E-state index contributed by atoms with van der Waals surface area (Å²) in [6, 6.07) is 9.68. The van der Waals surface area contributed by atoms with Crippen molar-refractivity contribution in [3.05, 3.63) is 64.1 Å². The Bertz CT molecular complexity index is 745. The molecule has 0 saturated carbocycles. The Morgan fingerprint density at radius 3 is 1.92 bits per heavy atom. The smallest absolute Gasteiger partial charge is 0.378 e. The second kappa shape index (κ2) is 6.57. The third-order valence-electron chi connectivity index (χ3n) is 3.85. The lowest BCUT2D eigenvalue weighted by atomic mass is 9.80. The van der Waals surface area contributed by atoms with Crippen molar-refractivity contribution in [1.29, 1.82) is 0 Å². The normalized spacial score (nSPS) is 14.9. The quantitative estimate of drug-likeness (QED) is 0.703. The van der Waals surface area contributed by atoms with Gasteiger partial charge >= 0.3 is 12.1 Å². The zero-order chi connectivity index (χ0) is 19.0. The molecule has 1 atom stereocenters. The van der Waals surface area contributed by atoms with E-state index in [0.29, 0.717) is 10.2 Å². The van der Waals surface area contributed by atoms with Gasteiger partial charge in [0.15, 0.2) is 5.60 Å². The van der Waals surface area contributed by atoms with Crippen LogP contribution in [0.25, 0.3) is 0 Å². The molecule has 0 radical (unpaired) electrons. The predicted octanol–water partition coefficient (Wildman–Crippen LogP) is 4.95. The summed E-state index contributed by atoms with van der Waals surface area (Å²) in [5.74, 6) is -5.40. The Kier molecular flexibility index (Phi) is 5.16. The number of aliphatic hydroxyl groups is 1. The minimum Gasteiger partial charge on any atom is -0.378 e. The molecule has 1 N–H and O–H groups in total. The number of benzene rings is 2. The van der Waals surface area contributed by atoms with Crippen LogP contribution in [-0.2, 0) is 5.60 Å². The summed E-state index contributed by atoms with van der Waals surface area (Å²) in [4.78, 5) is 1.54. The summed E-state index contributed by atoms with van der Waals surface area (Å²) in [5.41, 5.74) is -4.30. The fourth-order valence-corrected chi connectivity index (χ4v) is 2.70. The van der Waals surface area contributed by atoms with Gasteiger partial charge in [-0.05, 0) is 35.4 Å². The number of hydrogen-bond donors (Lipinski definition) is 1. The van der Waals surface area contributed by atoms with Crippen LogP contribution in [0.1, 0.15) is 11.1 Å². The lowest BCUT2D eigenvalue weighted by Gasteiger charge is -2.38. The molecule has 0 fully saturated rings. The summed E-state index contributed by atoms with van der Waals surface area (Å²) in [6.07, 6.45) is -5.94. The highest BCUT2D eigenvalue weighted by atomic mass is 79.9. The van der Waals surface area contributed by atoms with Crippen LogP contribution in [-0.4, -0.2) is 31.3 Å². The van der Waals surface area contributed by atoms with Gasteiger partial charge < -0.3 is 10.0 Å². The van der Waals surface area contributed by atoms with E-state index in [0.717, 1.165) is 24.3 Å². The highest BCUT2D eigenvalue weighted by Gasteiger charge is 2.71. The maximum atomic E-state index is 14.4. The van der Waals surface area contributed by atoms with Crippen molar-refractivity contribution >= 4 is 21.6 Å². The first-order chi connectivity index (χ1) is 11.4. The van der Waals surface area contributed by atoms with Crippen LogP contribution < -0.4 is 4.90 Å². The van der Waals surface area contributed by atoms with Gasteiger partial charge in [-0.3, -0.25) is 0 Å². The summed E-state index contributed by atoms with van der Waals surface area (Å²) < 4.78 is 68.6. The predicted molar refractivity (Wildman–Crippen MR) is 88.9 cm³/mol. The topological polar surface area (TPSA) is 23.5 Å². The number of rotatable bonds is 4. The Morgan fingerprint density at radius 2 is 1.44 bits per heavy atom. The summed E-state index contributed by atoms with van der Waals surface area (Å²) in [7, 11) is 3.22. The first-order valence-electron chi connectivity index (χ1n) is 7.12. The molecule has 0 bridgehead atoms. The van der Waals surface area contributed by atoms with E-state index in [1.165, 1.54) is 29.2 Å². The molecule has 1 unspecified atom stereocenters. The molecule has 0 spiro atoms. The average molecular weight is 424 g/mol. The molecule has 0 aromatic heterocycles. The van der Waals surface area contributed by atoms with Crippen molar-refractivity contribution in [3.8, 4) is 0 Å². The first kappa shape index (κ1) is 19.7. The lowest BCUT2D eigenvalue weighted by molar-refractivity contribution is -0.336. The Balaban J connectivity index is 2.77. The van der Waals surface area contributed by atoms with Gasteiger partial charge in [0.2, 0.25) is 0 Å². The highest BCUT2D eigenvalue weighted by molar-refractivity contribution is 9.10. The van der Waals surface area contributed by atoms with E-state index >= 15 is 0 Å². The van der Waals surface area contributed by atoms with E-state index in [9.17, 15) is 27.1 Å². The second-order valence-electron chi connectivity index (χ2n) is 5.73. The molecule has 136 valence electrons. The number of hydrogen-bond acceptors (Lipinski definition) is 2. The van der Waals surface area contributed by atoms with Gasteiger partial charge in [-0.2, -0.15) is 22.0 Å². The Labute approximate surface area is 150 Å². The molecular weight excluding hydrogens is 409 g/mol. The number of nitrogens with zero attached hydrogens (tertiary/aromatic N) is 1. The van der Waals surface area contributed by atoms with Gasteiger partial charge in [0, 0.05) is 24.3 Å². The van der Waals surface area contributed by atoms with Crippen LogP contribution in [0.2, 0.25) is 0 Å².